The third-order valence-corrected chi connectivity index (χ3v) is 10.7. The van der Waals surface area contributed by atoms with Crippen LogP contribution in [0.4, 0.5) is 0 Å². The van der Waals surface area contributed by atoms with Crippen molar-refractivity contribution >= 4 is 21.6 Å². The zero-order chi connectivity index (χ0) is 25.3. The number of benzene rings is 2. The smallest absolute Gasteiger partial charge is 0.262 e. The van der Waals surface area contributed by atoms with Gasteiger partial charge in [-0.25, -0.2) is 4.98 Å². The third-order valence-electron chi connectivity index (χ3n) is 9.56. The van der Waals surface area contributed by atoms with E-state index in [0.29, 0.717) is 24.3 Å². The van der Waals surface area contributed by atoms with Crippen LogP contribution in [0, 0.1) is 11.8 Å². The highest BCUT2D eigenvalue weighted by Gasteiger charge is 2.54. The Morgan fingerprint density at radius 3 is 2.65 bits per heavy atom. The lowest BCUT2D eigenvalue weighted by atomic mass is 9.55. The summed E-state index contributed by atoms with van der Waals surface area (Å²) in [5.41, 5.74) is 5.52. The highest BCUT2D eigenvalue weighted by atomic mass is 32.1. The van der Waals surface area contributed by atoms with Gasteiger partial charge in [0.05, 0.1) is 32.5 Å². The van der Waals surface area contributed by atoms with E-state index in [1.165, 1.54) is 34.4 Å². The quantitative estimate of drug-likeness (QED) is 0.332. The van der Waals surface area contributed by atoms with Gasteiger partial charge >= 0.3 is 0 Å². The van der Waals surface area contributed by atoms with E-state index in [2.05, 4.69) is 25.1 Å². The molecule has 0 bridgehead atoms. The molecule has 4 atom stereocenters. The number of rotatable bonds is 4. The highest BCUT2D eigenvalue weighted by Crippen LogP contribution is 2.62. The average molecular weight is 513 g/mol. The normalized spacial score (nSPS) is 25.8. The summed E-state index contributed by atoms with van der Waals surface area (Å²) in [4.78, 5) is 21.0. The molecule has 2 aromatic carbocycles. The van der Waals surface area contributed by atoms with Crippen LogP contribution in [0.5, 0.6) is 11.5 Å². The topological polar surface area (TPSA) is 53.4 Å². The fourth-order valence-corrected chi connectivity index (χ4v) is 9.08. The molecular weight excluding hydrogens is 480 g/mol. The average Bonchev–Trinajstić information content (AvgIpc) is 3.44. The molecule has 6 heteroatoms. The van der Waals surface area contributed by atoms with Gasteiger partial charge in [0, 0.05) is 4.88 Å². The van der Waals surface area contributed by atoms with Gasteiger partial charge in [-0.3, -0.25) is 9.36 Å². The molecule has 0 spiro atoms. The van der Waals surface area contributed by atoms with Crippen molar-refractivity contribution in [1.82, 2.24) is 9.55 Å². The first-order valence-electron chi connectivity index (χ1n) is 13.3. The second-order valence-electron chi connectivity index (χ2n) is 11.2. The molecule has 0 radical (unpaired) electrons. The molecule has 0 amide bonds. The minimum Gasteiger partial charge on any atom is -0.497 e. The van der Waals surface area contributed by atoms with Crippen molar-refractivity contribution in [2.24, 2.45) is 11.8 Å². The molecule has 1 saturated carbocycles. The number of thiophene rings is 1. The second-order valence-corrected chi connectivity index (χ2v) is 12.3. The molecule has 4 aromatic rings. The van der Waals surface area contributed by atoms with E-state index in [4.69, 9.17) is 14.5 Å². The number of hydrogen-bond donors (Lipinski definition) is 0. The minimum absolute atomic E-state index is 0.0405. The van der Waals surface area contributed by atoms with Crippen molar-refractivity contribution in [2.75, 3.05) is 14.2 Å². The molecule has 1 fully saturated rings. The number of methoxy groups -OCH3 is 2. The Bertz CT molecular complexity index is 1570. The van der Waals surface area contributed by atoms with Crippen molar-refractivity contribution in [3.63, 3.8) is 0 Å². The largest absolute Gasteiger partial charge is 0.497 e. The Labute approximate surface area is 221 Å². The Kier molecular flexibility index (Phi) is 5.26. The molecule has 2 heterocycles. The van der Waals surface area contributed by atoms with Gasteiger partial charge in [0.25, 0.3) is 5.56 Å². The SMILES string of the molecule is COc1ccc(Cn2cnc3sc4c(c3c2=O)[C@]2(C)CC[C@@H]3c5ccc(OC)cc5CC[C@H]3[C@@H]2C4)cc1. The Morgan fingerprint density at radius 1 is 1.08 bits per heavy atom. The predicted octanol–water partition coefficient (Wildman–Crippen LogP) is 6.09. The van der Waals surface area contributed by atoms with Crippen LogP contribution in [0.3, 0.4) is 0 Å². The molecule has 37 heavy (non-hydrogen) atoms. The molecule has 7 rings (SSSR count). The lowest BCUT2D eigenvalue weighted by Gasteiger charge is -2.49. The maximum Gasteiger partial charge on any atom is 0.262 e. The lowest BCUT2D eigenvalue weighted by molar-refractivity contribution is 0.106. The van der Waals surface area contributed by atoms with Crippen LogP contribution < -0.4 is 15.0 Å². The maximum absolute atomic E-state index is 13.9. The monoisotopic (exact) mass is 512 g/mol. The number of hydrogen-bond acceptors (Lipinski definition) is 5. The van der Waals surface area contributed by atoms with Crippen molar-refractivity contribution in [1.29, 1.82) is 0 Å². The maximum atomic E-state index is 13.9. The van der Waals surface area contributed by atoms with Crippen molar-refractivity contribution in [3.8, 4) is 11.5 Å². The van der Waals surface area contributed by atoms with E-state index in [-0.39, 0.29) is 11.0 Å². The standard InChI is InChI=1S/C31H32N2O3S/c1-31-13-12-23-22-11-9-21(36-3)14-19(22)6-10-24(23)25(31)15-26-28(31)27-29(37-26)32-17-33(30(27)34)16-18-4-7-20(35-2)8-5-18/h4-5,7-9,11,14,17,23-25H,6,10,12-13,15-16H2,1-3H3/t23-,24-,25+,31-/m1/s1. The van der Waals surface area contributed by atoms with Gasteiger partial charge in [-0.05, 0) is 102 Å². The van der Waals surface area contributed by atoms with Gasteiger partial charge in [-0.1, -0.05) is 25.1 Å². The second kappa shape index (κ2) is 8.45. The van der Waals surface area contributed by atoms with E-state index < -0.39 is 0 Å². The number of nitrogens with zero attached hydrogens (tertiary/aromatic N) is 2. The first-order valence-corrected chi connectivity index (χ1v) is 14.1. The minimum atomic E-state index is 0.0405. The van der Waals surface area contributed by atoms with Gasteiger partial charge in [-0.2, -0.15) is 0 Å². The van der Waals surface area contributed by atoms with Crippen LogP contribution >= 0.6 is 11.3 Å². The Morgan fingerprint density at radius 2 is 1.86 bits per heavy atom. The summed E-state index contributed by atoms with van der Waals surface area (Å²) in [5, 5.41) is 0.875. The highest BCUT2D eigenvalue weighted by molar-refractivity contribution is 7.18. The summed E-state index contributed by atoms with van der Waals surface area (Å²) in [5.74, 6) is 3.64. The molecule has 3 aliphatic carbocycles. The first kappa shape index (κ1) is 23.0. The van der Waals surface area contributed by atoms with Crippen molar-refractivity contribution in [3.05, 3.63) is 86.3 Å². The molecular formula is C31H32N2O3S. The molecule has 0 saturated heterocycles. The van der Waals surface area contributed by atoms with Gasteiger partial charge in [0.15, 0.2) is 0 Å². The molecule has 0 unspecified atom stereocenters. The van der Waals surface area contributed by atoms with Crippen LogP contribution in [0.2, 0.25) is 0 Å². The van der Waals surface area contributed by atoms with Crippen LogP contribution in [-0.2, 0) is 24.8 Å². The van der Waals surface area contributed by atoms with E-state index in [9.17, 15) is 4.79 Å². The van der Waals surface area contributed by atoms with Gasteiger partial charge in [-0.15, -0.1) is 11.3 Å². The summed E-state index contributed by atoms with van der Waals surface area (Å²) in [6.45, 7) is 2.96. The van der Waals surface area contributed by atoms with Crippen LogP contribution in [-0.4, -0.2) is 23.8 Å². The molecule has 190 valence electrons. The third kappa shape index (κ3) is 3.41. The van der Waals surface area contributed by atoms with Gasteiger partial charge < -0.3 is 9.47 Å². The summed E-state index contributed by atoms with van der Waals surface area (Å²) in [6, 6.07) is 14.6. The fraction of sp³-hybridized carbons (Fsp3) is 0.419. The Hall–Kier alpha value is -3.12. The lowest BCUT2D eigenvalue weighted by Crippen LogP contribution is -2.43. The van der Waals surface area contributed by atoms with E-state index in [1.807, 2.05) is 24.3 Å². The predicted molar refractivity (Wildman–Crippen MR) is 147 cm³/mol. The number of fused-ring (bicyclic) bond motifs is 9. The first-order chi connectivity index (χ1) is 18.0. The van der Waals surface area contributed by atoms with Crippen molar-refractivity contribution in [2.45, 2.75) is 56.9 Å². The van der Waals surface area contributed by atoms with Crippen LogP contribution in [0.15, 0.2) is 53.6 Å². The molecule has 0 N–H and O–H groups in total. The Balaban J connectivity index is 1.25. The zero-order valence-corrected chi connectivity index (χ0v) is 22.4. The molecule has 5 nitrogen and oxygen atoms in total. The summed E-state index contributed by atoms with van der Waals surface area (Å²) < 4.78 is 12.6. The summed E-state index contributed by atoms with van der Waals surface area (Å²) in [7, 11) is 3.42. The van der Waals surface area contributed by atoms with Crippen LogP contribution in [0.25, 0.3) is 10.2 Å². The van der Waals surface area contributed by atoms with E-state index in [0.717, 1.165) is 46.5 Å². The number of ether oxygens (including phenoxy) is 2. The van der Waals surface area contributed by atoms with Crippen molar-refractivity contribution < 1.29 is 9.47 Å². The molecule has 2 aromatic heterocycles. The van der Waals surface area contributed by atoms with E-state index >= 15 is 0 Å². The number of aryl methyl sites for hydroxylation is 1. The van der Waals surface area contributed by atoms with E-state index in [1.54, 1.807) is 36.5 Å². The number of aromatic nitrogens is 2. The molecule has 3 aliphatic rings. The summed E-state index contributed by atoms with van der Waals surface area (Å²) >= 11 is 1.76. The summed E-state index contributed by atoms with van der Waals surface area (Å²) in [6.07, 6.45) is 7.44. The van der Waals surface area contributed by atoms with Gasteiger partial charge in [0.1, 0.15) is 16.3 Å². The fourth-order valence-electron chi connectivity index (χ4n) is 7.75. The van der Waals surface area contributed by atoms with Crippen LogP contribution in [0.1, 0.15) is 59.2 Å². The molecule has 0 aliphatic heterocycles. The van der Waals surface area contributed by atoms with Gasteiger partial charge in [0.2, 0.25) is 0 Å². The zero-order valence-electron chi connectivity index (χ0n) is 21.6.